The monoisotopic (exact) mass is 284 g/mol. The molecule has 3 rings (SSSR count). The SMILES string of the molecule is Cn1c(C2CCCCC2)nc(-c2ccncc2)c(N)c1=O. The van der Waals surface area contributed by atoms with E-state index < -0.39 is 0 Å². The topological polar surface area (TPSA) is 73.8 Å². The van der Waals surface area contributed by atoms with Crippen LogP contribution in [0.2, 0.25) is 0 Å². The molecule has 1 aliphatic rings. The van der Waals surface area contributed by atoms with E-state index in [0.717, 1.165) is 24.2 Å². The van der Waals surface area contributed by atoms with Gasteiger partial charge in [-0.2, -0.15) is 0 Å². The van der Waals surface area contributed by atoms with Crippen LogP contribution in [0, 0.1) is 0 Å². The number of hydrogen-bond acceptors (Lipinski definition) is 4. The van der Waals surface area contributed by atoms with Crippen molar-refractivity contribution in [3.8, 4) is 11.3 Å². The van der Waals surface area contributed by atoms with Crippen molar-refractivity contribution in [2.45, 2.75) is 38.0 Å². The zero-order chi connectivity index (χ0) is 14.8. The molecule has 0 saturated heterocycles. The summed E-state index contributed by atoms with van der Waals surface area (Å²) in [4.78, 5) is 21.1. The van der Waals surface area contributed by atoms with Crippen LogP contribution in [0.5, 0.6) is 0 Å². The molecule has 0 aromatic carbocycles. The molecule has 2 N–H and O–H groups in total. The lowest BCUT2D eigenvalue weighted by atomic mass is 9.88. The highest BCUT2D eigenvalue weighted by Crippen LogP contribution is 2.32. The lowest BCUT2D eigenvalue weighted by molar-refractivity contribution is 0.416. The fourth-order valence-corrected chi connectivity index (χ4v) is 3.09. The first-order chi connectivity index (χ1) is 10.2. The number of hydrogen-bond donors (Lipinski definition) is 1. The second-order valence-corrected chi connectivity index (χ2v) is 5.67. The Balaban J connectivity index is 2.13. The van der Waals surface area contributed by atoms with E-state index in [1.807, 2.05) is 12.1 Å². The van der Waals surface area contributed by atoms with Gasteiger partial charge in [0.1, 0.15) is 17.2 Å². The first-order valence-electron chi connectivity index (χ1n) is 7.45. The number of nitrogens with two attached hydrogens (primary N) is 1. The van der Waals surface area contributed by atoms with E-state index in [0.29, 0.717) is 11.6 Å². The van der Waals surface area contributed by atoms with Crippen LogP contribution in [-0.4, -0.2) is 14.5 Å². The molecule has 0 aliphatic heterocycles. The van der Waals surface area contributed by atoms with Crippen LogP contribution in [0.4, 0.5) is 5.69 Å². The summed E-state index contributed by atoms with van der Waals surface area (Å²) in [5, 5.41) is 0. The summed E-state index contributed by atoms with van der Waals surface area (Å²) in [6, 6.07) is 3.67. The summed E-state index contributed by atoms with van der Waals surface area (Å²) in [7, 11) is 1.77. The molecule has 1 fully saturated rings. The number of nitrogen functional groups attached to an aromatic ring is 1. The third kappa shape index (κ3) is 2.55. The molecule has 5 nitrogen and oxygen atoms in total. The van der Waals surface area contributed by atoms with Gasteiger partial charge in [-0.05, 0) is 25.0 Å². The summed E-state index contributed by atoms with van der Waals surface area (Å²) < 4.78 is 1.62. The van der Waals surface area contributed by atoms with E-state index >= 15 is 0 Å². The van der Waals surface area contributed by atoms with Gasteiger partial charge in [0.2, 0.25) is 0 Å². The Morgan fingerprint density at radius 2 is 1.86 bits per heavy atom. The minimum absolute atomic E-state index is 0.155. The smallest absolute Gasteiger partial charge is 0.277 e. The van der Waals surface area contributed by atoms with Crippen LogP contribution in [0.25, 0.3) is 11.3 Å². The predicted octanol–water partition coefficient (Wildman–Crippen LogP) is 2.47. The zero-order valence-corrected chi connectivity index (χ0v) is 12.2. The van der Waals surface area contributed by atoms with E-state index in [1.165, 1.54) is 19.3 Å². The Morgan fingerprint density at radius 1 is 1.19 bits per heavy atom. The van der Waals surface area contributed by atoms with Gasteiger partial charge >= 0.3 is 0 Å². The molecule has 21 heavy (non-hydrogen) atoms. The average Bonchev–Trinajstić information content (AvgIpc) is 2.55. The first kappa shape index (κ1) is 13.8. The fourth-order valence-electron chi connectivity index (χ4n) is 3.09. The summed E-state index contributed by atoms with van der Waals surface area (Å²) in [6.45, 7) is 0. The third-order valence-corrected chi connectivity index (χ3v) is 4.28. The second-order valence-electron chi connectivity index (χ2n) is 5.67. The molecule has 0 unspecified atom stereocenters. The number of aromatic nitrogens is 3. The number of rotatable bonds is 2. The molecule has 0 atom stereocenters. The molecule has 0 spiro atoms. The van der Waals surface area contributed by atoms with E-state index in [4.69, 9.17) is 10.7 Å². The lowest BCUT2D eigenvalue weighted by Crippen LogP contribution is -2.28. The minimum Gasteiger partial charge on any atom is -0.392 e. The van der Waals surface area contributed by atoms with Gasteiger partial charge in [0.05, 0.1) is 0 Å². The van der Waals surface area contributed by atoms with E-state index in [-0.39, 0.29) is 11.2 Å². The molecule has 1 aliphatic carbocycles. The molecule has 5 heteroatoms. The van der Waals surface area contributed by atoms with Gasteiger partial charge in [0.15, 0.2) is 0 Å². The normalized spacial score (nSPS) is 16.0. The Labute approximate surface area is 123 Å². The average molecular weight is 284 g/mol. The van der Waals surface area contributed by atoms with Gasteiger partial charge in [-0.25, -0.2) is 4.98 Å². The molecular weight excluding hydrogens is 264 g/mol. The molecule has 2 aromatic heterocycles. The predicted molar refractivity (Wildman–Crippen MR) is 82.9 cm³/mol. The Bertz CT molecular complexity index is 687. The van der Waals surface area contributed by atoms with Crippen molar-refractivity contribution in [1.82, 2.24) is 14.5 Å². The van der Waals surface area contributed by atoms with Crippen LogP contribution in [0.15, 0.2) is 29.3 Å². The van der Waals surface area contributed by atoms with Gasteiger partial charge in [0.25, 0.3) is 5.56 Å². The summed E-state index contributed by atoms with van der Waals surface area (Å²) in [5.41, 5.74) is 7.48. The van der Waals surface area contributed by atoms with Gasteiger partial charge in [-0.15, -0.1) is 0 Å². The summed E-state index contributed by atoms with van der Waals surface area (Å²) in [5.74, 6) is 1.22. The largest absolute Gasteiger partial charge is 0.392 e. The second kappa shape index (κ2) is 5.68. The highest BCUT2D eigenvalue weighted by molar-refractivity contribution is 5.71. The molecule has 110 valence electrons. The Hall–Kier alpha value is -2.17. The first-order valence-corrected chi connectivity index (χ1v) is 7.45. The maximum absolute atomic E-state index is 12.4. The van der Waals surface area contributed by atoms with Crippen molar-refractivity contribution in [2.75, 3.05) is 5.73 Å². The lowest BCUT2D eigenvalue weighted by Gasteiger charge is -2.23. The quantitative estimate of drug-likeness (QED) is 0.919. The molecule has 0 radical (unpaired) electrons. The maximum atomic E-state index is 12.4. The maximum Gasteiger partial charge on any atom is 0.277 e. The van der Waals surface area contributed by atoms with Gasteiger partial charge in [-0.3, -0.25) is 14.3 Å². The van der Waals surface area contributed by atoms with E-state index in [2.05, 4.69) is 4.98 Å². The van der Waals surface area contributed by atoms with Gasteiger partial charge < -0.3 is 5.73 Å². The summed E-state index contributed by atoms with van der Waals surface area (Å²) in [6.07, 6.45) is 9.25. The molecule has 2 heterocycles. The van der Waals surface area contributed by atoms with Crippen LogP contribution >= 0.6 is 0 Å². The van der Waals surface area contributed by atoms with Crippen LogP contribution < -0.4 is 11.3 Å². The number of anilines is 1. The van der Waals surface area contributed by atoms with E-state index in [9.17, 15) is 4.79 Å². The van der Waals surface area contributed by atoms with Crippen molar-refractivity contribution in [2.24, 2.45) is 7.05 Å². The zero-order valence-electron chi connectivity index (χ0n) is 12.2. The molecule has 2 aromatic rings. The van der Waals surface area contributed by atoms with Gasteiger partial charge in [-0.1, -0.05) is 19.3 Å². The molecular formula is C16H20N4O. The van der Waals surface area contributed by atoms with Crippen LogP contribution in [0.3, 0.4) is 0 Å². The van der Waals surface area contributed by atoms with Crippen molar-refractivity contribution < 1.29 is 0 Å². The van der Waals surface area contributed by atoms with Crippen LogP contribution in [0.1, 0.15) is 43.8 Å². The third-order valence-electron chi connectivity index (χ3n) is 4.28. The number of pyridine rings is 1. The van der Waals surface area contributed by atoms with Crippen molar-refractivity contribution in [3.05, 3.63) is 40.7 Å². The number of nitrogens with zero attached hydrogens (tertiary/aromatic N) is 3. The molecule has 0 amide bonds. The van der Waals surface area contributed by atoms with E-state index in [1.54, 1.807) is 24.0 Å². The van der Waals surface area contributed by atoms with Crippen molar-refractivity contribution in [3.63, 3.8) is 0 Å². The minimum atomic E-state index is -0.155. The summed E-state index contributed by atoms with van der Waals surface area (Å²) >= 11 is 0. The Morgan fingerprint density at radius 3 is 2.52 bits per heavy atom. The highest BCUT2D eigenvalue weighted by Gasteiger charge is 2.22. The van der Waals surface area contributed by atoms with Gasteiger partial charge in [0, 0.05) is 30.9 Å². The molecule has 0 bridgehead atoms. The fraction of sp³-hybridized carbons (Fsp3) is 0.438. The highest BCUT2D eigenvalue weighted by atomic mass is 16.1. The van der Waals surface area contributed by atoms with Crippen molar-refractivity contribution in [1.29, 1.82) is 0 Å². The standard InChI is InChI=1S/C16H20N4O/c1-20-15(12-5-3-2-4-6-12)19-14(13(17)16(20)21)11-7-9-18-10-8-11/h7-10,12H,2-6,17H2,1H3. The Kier molecular flexibility index (Phi) is 3.73. The van der Waals surface area contributed by atoms with Crippen LogP contribution in [-0.2, 0) is 7.05 Å². The molecule has 1 saturated carbocycles. The van der Waals surface area contributed by atoms with Crippen molar-refractivity contribution >= 4 is 5.69 Å².